The van der Waals surface area contributed by atoms with E-state index in [-0.39, 0.29) is 28.3 Å². The molecule has 0 N–H and O–H groups in total. The Bertz CT molecular complexity index is 1310. The van der Waals surface area contributed by atoms with E-state index >= 15 is 0 Å². The highest BCUT2D eigenvalue weighted by Crippen LogP contribution is 2.34. The van der Waals surface area contributed by atoms with Crippen molar-refractivity contribution < 1.29 is 22.2 Å². The van der Waals surface area contributed by atoms with Crippen LogP contribution in [0, 0.1) is 0 Å². The van der Waals surface area contributed by atoms with Crippen LogP contribution in [0.2, 0.25) is 0 Å². The number of thioether (sulfide) groups is 1. The second kappa shape index (κ2) is 9.32. The lowest BCUT2D eigenvalue weighted by Crippen LogP contribution is -2.27. The normalized spacial score (nSPS) is 15.4. The topological polar surface area (TPSA) is 80.8 Å². The Balaban J connectivity index is 1.48. The van der Waals surface area contributed by atoms with Gasteiger partial charge in [0.1, 0.15) is 10.6 Å². The molecule has 0 radical (unpaired) electrons. The largest absolute Gasteiger partial charge is 0.379 e. The molecule has 0 saturated carbocycles. The Labute approximate surface area is 198 Å². The van der Waals surface area contributed by atoms with Gasteiger partial charge in [-0.15, -0.1) is 0 Å². The molecule has 9 heteroatoms. The molecule has 2 amide bonds. The fourth-order valence-corrected chi connectivity index (χ4v) is 5.17. The smallest absolute Gasteiger partial charge is 0.339 e. The van der Waals surface area contributed by atoms with Gasteiger partial charge in [0, 0.05) is 4.47 Å². The van der Waals surface area contributed by atoms with E-state index in [1.54, 1.807) is 36.4 Å². The lowest BCUT2D eigenvalue weighted by molar-refractivity contribution is -0.123. The third kappa shape index (κ3) is 4.95. The second-order valence-corrected chi connectivity index (χ2v) is 10.2. The summed E-state index contributed by atoms with van der Waals surface area (Å²) >= 11 is 4.30. The standard InChI is InChI=1S/C23H16BrNO5S2/c24-20-9-5-4-6-17(20)15-25-22(26)21(31-23(25)27)14-16-10-12-18(13-11-16)30-32(28,29)19-7-2-1-3-8-19/h1-14H,15H2/b21-14-. The zero-order chi connectivity index (χ0) is 22.7. The van der Waals surface area contributed by atoms with Crippen molar-refractivity contribution in [1.29, 1.82) is 0 Å². The van der Waals surface area contributed by atoms with Gasteiger partial charge in [-0.1, -0.05) is 64.5 Å². The molecule has 1 aliphatic rings. The van der Waals surface area contributed by atoms with Crippen LogP contribution in [0.25, 0.3) is 6.08 Å². The Morgan fingerprint density at radius 3 is 2.25 bits per heavy atom. The third-order valence-electron chi connectivity index (χ3n) is 4.58. The Morgan fingerprint density at radius 1 is 0.906 bits per heavy atom. The minimum atomic E-state index is -3.93. The van der Waals surface area contributed by atoms with Crippen molar-refractivity contribution >= 4 is 55.0 Å². The highest BCUT2D eigenvalue weighted by atomic mass is 79.9. The van der Waals surface area contributed by atoms with Crippen LogP contribution in [0.4, 0.5) is 4.79 Å². The van der Waals surface area contributed by atoms with E-state index in [2.05, 4.69) is 15.9 Å². The van der Waals surface area contributed by atoms with Crippen molar-refractivity contribution in [3.8, 4) is 5.75 Å². The molecule has 0 unspecified atom stereocenters. The Kier molecular flexibility index (Phi) is 6.50. The molecule has 32 heavy (non-hydrogen) atoms. The maximum Gasteiger partial charge on any atom is 0.339 e. The van der Waals surface area contributed by atoms with Crippen LogP contribution in [0.1, 0.15) is 11.1 Å². The molecule has 3 aromatic rings. The summed E-state index contributed by atoms with van der Waals surface area (Å²) in [6.07, 6.45) is 1.60. The zero-order valence-electron chi connectivity index (χ0n) is 16.5. The summed E-state index contributed by atoms with van der Waals surface area (Å²) in [7, 11) is -3.93. The predicted octanol–water partition coefficient (Wildman–Crippen LogP) is 5.45. The first-order chi connectivity index (χ1) is 15.3. The number of rotatable bonds is 6. The van der Waals surface area contributed by atoms with E-state index in [1.165, 1.54) is 29.2 Å². The van der Waals surface area contributed by atoms with Crippen molar-refractivity contribution in [1.82, 2.24) is 4.90 Å². The van der Waals surface area contributed by atoms with Crippen molar-refractivity contribution in [2.45, 2.75) is 11.4 Å². The van der Waals surface area contributed by atoms with Gasteiger partial charge >= 0.3 is 10.1 Å². The van der Waals surface area contributed by atoms with Gasteiger partial charge in [0.2, 0.25) is 0 Å². The summed E-state index contributed by atoms with van der Waals surface area (Å²) in [6.45, 7) is 0.174. The molecular weight excluding hydrogens is 514 g/mol. The maximum absolute atomic E-state index is 12.7. The summed E-state index contributed by atoms with van der Waals surface area (Å²) in [6, 6.07) is 21.5. The van der Waals surface area contributed by atoms with Crippen LogP contribution in [-0.2, 0) is 21.5 Å². The number of nitrogens with zero attached hydrogens (tertiary/aromatic N) is 1. The molecule has 1 saturated heterocycles. The van der Waals surface area contributed by atoms with Gasteiger partial charge in [0.05, 0.1) is 11.4 Å². The molecule has 3 aromatic carbocycles. The molecule has 1 aliphatic heterocycles. The van der Waals surface area contributed by atoms with Crippen LogP contribution in [0.5, 0.6) is 5.75 Å². The van der Waals surface area contributed by atoms with E-state index in [0.717, 1.165) is 21.8 Å². The molecule has 0 spiro atoms. The second-order valence-electron chi connectivity index (χ2n) is 6.78. The SMILES string of the molecule is O=C1S/C(=C\c2ccc(OS(=O)(=O)c3ccccc3)cc2)C(=O)N1Cc1ccccc1Br. The van der Waals surface area contributed by atoms with Gasteiger partial charge in [-0.3, -0.25) is 14.5 Å². The lowest BCUT2D eigenvalue weighted by Gasteiger charge is -2.13. The molecule has 0 aromatic heterocycles. The van der Waals surface area contributed by atoms with Gasteiger partial charge in [-0.25, -0.2) is 0 Å². The molecule has 4 rings (SSSR count). The summed E-state index contributed by atoms with van der Waals surface area (Å²) in [5, 5.41) is -0.342. The van der Waals surface area contributed by atoms with Crippen LogP contribution in [-0.4, -0.2) is 24.5 Å². The Hall–Kier alpha value is -2.88. The monoisotopic (exact) mass is 529 g/mol. The quantitative estimate of drug-likeness (QED) is 0.311. The molecule has 1 heterocycles. The summed E-state index contributed by atoms with van der Waals surface area (Å²) in [5.41, 5.74) is 1.47. The van der Waals surface area contributed by atoms with Crippen molar-refractivity contribution in [2.24, 2.45) is 0 Å². The van der Waals surface area contributed by atoms with E-state index in [9.17, 15) is 18.0 Å². The molecule has 0 atom stereocenters. The number of hydrogen-bond acceptors (Lipinski definition) is 6. The molecule has 1 fully saturated rings. The van der Waals surface area contributed by atoms with E-state index in [0.29, 0.717) is 10.5 Å². The number of carbonyl (C=O) groups is 2. The van der Waals surface area contributed by atoms with Crippen LogP contribution >= 0.6 is 27.7 Å². The minimum absolute atomic E-state index is 0.0582. The summed E-state index contributed by atoms with van der Waals surface area (Å²) < 4.78 is 30.6. The molecule has 162 valence electrons. The third-order valence-corrected chi connectivity index (χ3v) is 7.52. The van der Waals surface area contributed by atoms with Crippen molar-refractivity contribution in [2.75, 3.05) is 0 Å². The first-order valence-corrected chi connectivity index (χ1v) is 12.4. The van der Waals surface area contributed by atoms with Gasteiger partial charge < -0.3 is 4.18 Å². The molecule has 0 aliphatic carbocycles. The Morgan fingerprint density at radius 2 is 1.56 bits per heavy atom. The average Bonchev–Trinajstić information content (AvgIpc) is 3.04. The van der Waals surface area contributed by atoms with Gasteiger partial charge in [0.15, 0.2) is 0 Å². The minimum Gasteiger partial charge on any atom is -0.379 e. The van der Waals surface area contributed by atoms with E-state index in [4.69, 9.17) is 4.18 Å². The lowest BCUT2D eigenvalue weighted by atomic mass is 10.2. The van der Waals surface area contributed by atoms with E-state index < -0.39 is 10.1 Å². The summed E-state index contributed by atoms with van der Waals surface area (Å²) in [4.78, 5) is 26.7. The fourth-order valence-electron chi connectivity index (χ4n) is 2.97. The molecular formula is C23H16BrNO5S2. The van der Waals surface area contributed by atoms with Crippen LogP contribution < -0.4 is 4.18 Å². The predicted molar refractivity (Wildman–Crippen MR) is 126 cm³/mol. The van der Waals surface area contributed by atoms with Gasteiger partial charge in [0.25, 0.3) is 11.1 Å². The average molecular weight is 530 g/mol. The van der Waals surface area contributed by atoms with Crippen LogP contribution in [0.3, 0.4) is 0 Å². The highest BCUT2D eigenvalue weighted by molar-refractivity contribution is 9.10. The number of benzene rings is 3. The van der Waals surface area contributed by atoms with Gasteiger partial charge in [-0.2, -0.15) is 8.42 Å². The zero-order valence-corrected chi connectivity index (χ0v) is 19.7. The number of carbonyl (C=O) groups excluding carboxylic acids is 2. The molecule has 6 nitrogen and oxygen atoms in total. The number of imide groups is 1. The first-order valence-electron chi connectivity index (χ1n) is 9.42. The summed E-state index contributed by atoms with van der Waals surface area (Å²) in [5.74, 6) is -0.226. The fraction of sp³-hybridized carbons (Fsp3) is 0.0435. The van der Waals surface area contributed by atoms with Crippen molar-refractivity contribution in [3.05, 3.63) is 99.4 Å². The maximum atomic E-state index is 12.7. The van der Waals surface area contributed by atoms with Crippen molar-refractivity contribution in [3.63, 3.8) is 0 Å². The number of halogens is 1. The van der Waals surface area contributed by atoms with Crippen LogP contribution in [0.15, 0.2) is 93.1 Å². The number of amides is 2. The van der Waals surface area contributed by atoms with Gasteiger partial charge in [-0.05, 0) is 59.3 Å². The molecule has 0 bridgehead atoms. The van der Waals surface area contributed by atoms with E-state index in [1.807, 2.05) is 24.3 Å². The highest BCUT2D eigenvalue weighted by Gasteiger charge is 2.35. The number of hydrogen-bond donors (Lipinski definition) is 0. The first kappa shape index (κ1) is 22.3.